The molecule has 26 heavy (non-hydrogen) atoms. The van der Waals surface area contributed by atoms with Crippen LogP contribution in [0.1, 0.15) is 29.9 Å². The molecule has 0 aliphatic carbocycles. The minimum absolute atomic E-state index is 0.183. The van der Waals surface area contributed by atoms with E-state index in [4.69, 9.17) is 16.9 Å². The van der Waals surface area contributed by atoms with Crippen molar-refractivity contribution in [1.82, 2.24) is 10.2 Å². The Morgan fingerprint density at radius 1 is 1.31 bits per heavy atom. The molecule has 0 saturated carbocycles. The maximum atomic E-state index is 12.6. The van der Waals surface area contributed by atoms with Gasteiger partial charge in [-0.3, -0.25) is 14.5 Å². The first-order valence-electron chi connectivity index (χ1n) is 8.16. The monoisotopic (exact) mass is 389 g/mol. The number of nitrogens with zero attached hydrogens (tertiary/aromatic N) is 2. The number of nitriles is 1. The number of hydrogen-bond acceptors (Lipinski definition) is 4. The molecule has 0 aliphatic rings. The summed E-state index contributed by atoms with van der Waals surface area (Å²) in [6, 6.07) is 10.5. The Bertz CT molecular complexity index is 827. The smallest absolute Gasteiger partial charge is 0.262 e. The molecule has 0 spiro atoms. The average Bonchev–Trinajstić information content (AvgIpc) is 3.02. The van der Waals surface area contributed by atoms with E-state index in [2.05, 4.69) is 5.32 Å². The Morgan fingerprint density at radius 2 is 1.96 bits per heavy atom. The van der Waals surface area contributed by atoms with Crippen molar-refractivity contribution in [2.45, 2.75) is 26.3 Å². The van der Waals surface area contributed by atoms with Gasteiger partial charge in [0.05, 0.1) is 4.88 Å². The van der Waals surface area contributed by atoms with Gasteiger partial charge in [0.15, 0.2) is 6.19 Å². The van der Waals surface area contributed by atoms with Gasteiger partial charge in [0.25, 0.3) is 11.8 Å². The molecular formula is C19H20ClN3O2S. The molecule has 2 amide bonds. The molecule has 7 heteroatoms. The normalized spacial score (nSPS) is 11.7. The molecule has 5 nitrogen and oxygen atoms in total. The van der Waals surface area contributed by atoms with Crippen LogP contribution in [0.4, 0.5) is 0 Å². The summed E-state index contributed by atoms with van der Waals surface area (Å²) in [5, 5.41) is 11.7. The minimum atomic E-state index is -0.756. The zero-order valence-corrected chi connectivity index (χ0v) is 16.4. The number of benzene rings is 1. The van der Waals surface area contributed by atoms with Gasteiger partial charge < -0.3 is 5.32 Å². The number of rotatable bonds is 6. The maximum absolute atomic E-state index is 12.6. The number of likely N-dealkylation sites (N-methyl/N-ethyl adjacent to an activating group) is 1. The summed E-state index contributed by atoms with van der Waals surface area (Å²) in [4.78, 5) is 26.3. The summed E-state index contributed by atoms with van der Waals surface area (Å²) in [6.45, 7) is 3.91. The van der Waals surface area contributed by atoms with Crippen molar-refractivity contribution in [2.75, 3.05) is 7.05 Å². The second-order valence-corrected chi connectivity index (χ2v) is 7.97. The van der Waals surface area contributed by atoms with E-state index in [0.717, 1.165) is 16.0 Å². The lowest BCUT2D eigenvalue weighted by Crippen LogP contribution is -2.46. The highest BCUT2D eigenvalue weighted by Gasteiger charge is 2.26. The van der Waals surface area contributed by atoms with Gasteiger partial charge in [-0.25, -0.2) is 0 Å². The van der Waals surface area contributed by atoms with E-state index in [0.29, 0.717) is 15.6 Å². The lowest BCUT2D eigenvalue weighted by atomic mass is 10.0. The SMILES string of the molecule is CC(C)C[C@H](NC(=O)c1cc(-c2ccccc2)c(Cl)s1)C(=O)N(C)C#N. The van der Waals surface area contributed by atoms with E-state index in [-0.39, 0.29) is 11.8 Å². The fourth-order valence-electron chi connectivity index (χ4n) is 2.50. The van der Waals surface area contributed by atoms with Crippen LogP contribution < -0.4 is 5.32 Å². The highest BCUT2D eigenvalue weighted by molar-refractivity contribution is 7.18. The molecule has 0 fully saturated rings. The number of carbonyl (C=O) groups excluding carboxylic acids is 2. The van der Waals surface area contributed by atoms with Crippen LogP contribution in [0.25, 0.3) is 11.1 Å². The third-order valence-electron chi connectivity index (χ3n) is 3.79. The predicted molar refractivity (Wildman–Crippen MR) is 104 cm³/mol. The molecule has 0 unspecified atom stereocenters. The van der Waals surface area contributed by atoms with E-state index in [1.54, 1.807) is 12.3 Å². The zero-order valence-electron chi connectivity index (χ0n) is 14.8. The van der Waals surface area contributed by atoms with Crippen LogP contribution in [0.15, 0.2) is 36.4 Å². The first-order valence-corrected chi connectivity index (χ1v) is 9.35. The van der Waals surface area contributed by atoms with Crippen LogP contribution in [-0.2, 0) is 4.79 Å². The van der Waals surface area contributed by atoms with Crippen LogP contribution in [0, 0.1) is 17.4 Å². The molecule has 136 valence electrons. The highest BCUT2D eigenvalue weighted by atomic mass is 35.5. The van der Waals surface area contributed by atoms with Gasteiger partial charge in [-0.1, -0.05) is 55.8 Å². The Balaban J connectivity index is 2.22. The number of carbonyl (C=O) groups is 2. The summed E-state index contributed by atoms with van der Waals surface area (Å²) in [6.07, 6.45) is 2.23. The number of thiophene rings is 1. The van der Waals surface area contributed by atoms with E-state index < -0.39 is 11.9 Å². The van der Waals surface area contributed by atoms with Crippen molar-refractivity contribution in [3.8, 4) is 17.3 Å². The lowest BCUT2D eigenvalue weighted by Gasteiger charge is -2.21. The summed E-state index contributed by atoms with van der Waals surface area (Å²) in [5.74, 6) is -0.618. The summed E-state index contributed by atoms with van der Waals surface area (Å²) >= 11 is 7.47. The fraction of sp³-hybridized carbons (Fsp3) is 0.316. The summed E-state index contributed by atoms with van der Waals surface area (Å²) < 4.78 is 0.516. The second kappa shape index (κ2) is 8.84. The Hall–Kier alpha value is -2.36. The zero-order chi connectivity index (χ0) is 19.3. The summed E-state index contributed by atoms with van der Waals surface area (Å²) in [5.41, 5.74) is 1.70. The van der Waals surface area contributed by atoms with Crippen LogP contribution in [0.5, 0.6) is 0 Å². The molecule has 2 rings (SSSR count). The molecule has 1 aromatic heterocycles. The molecule has 0 bridgehead atoms. The first kappa shape index (κ1) is 20.0. The Labute approximate surface area is 162 Å². The van der Waals surface area contributed by atoms with Gasteiger partial charge in [-0.15, -0.1) is 11.3 Å². The lowest BCUT2D eigenvalue weighted by molar-refractivity contribution is -0.129. The summed E-state index contributed by atoms with van der Waals surface area (Å²) in [7, 11) is 1.39. The van der Waals surface area contributed by atoms with Crippen molar-refractivity contribution in [2.24, 2.45) is 5.92 Å². The van der Waals surface area contributed by atoms with Gasteiger partial charge in [-0.2, -0.15) is 5.26 Å². The van der Waals surface area contributed by atoms with Crippen molar-refractivity contribution < 1.29 is 9.59 Å². The fourth-order valence-corrected chi connectivity index (χ4v) is 3.72. The van der Waals surface area contributed by atoms with Crippen molar-refractivity contribution in [3.05, 3.63) is 45.6 Å². The third-order valence-corrected chi connectivity index (χ3v) is 5.14. The van der Waals surface area contributed by atoms with E-state index in [9.17, 15) is 9.59 Å². The molecule has 1 N–H and O–H groups in total. The van der Waals surface area contributed by atoms with Gasteiger partial charge >= 0.3 is 0 Å². The van der Waals surface area contributed by atoms with Gasteiger partial charge in [0.1, 0.15) is 10.4 Å². The molecule has 2 aromatic rings. The van der Waals surface area contributed by atoms with Crippen molar-refractivity contribution >= 4 is 34.8 Å². The van der Waals surface area contributed by atoms with Crippen LogP contribution in [-0.4, -0.2) is 29.8 Å². The molecule has 0 radical (unpaired) electrons. The Morgan fingerprint density at radius 3 is 2.54 bits per heavy atom. The second-order valence-electron chi connectivity index (χ2n) is 6.32. The van der Waals surface area contributed by atoms with Gasteiger partial charge in [-0.05, 0) is 24.0 Å². The number of nitrogens with one attached hydrogen (secondary N) is 1. The minimum Gasteiger partial charge on any atom is -0.339 e. The average molecular weight is 390 g/mol. The molecule has 1 aromatic carbocycles. The topological polar surface area (TPSA) is 73.2 Å². The standard InChI is InChI=1S/C19H20ClN3O2S/c1-12(2)9-15(19(25)23(3)11-21)22-18(24)16-10-14(17(20)26-16)13-7-5-4-6-8-13/h4-8,10,12,15H,9H2,1-3H3,(H,22,24)/t15-/m0/s1. The van der Waals surface area contributed by atoms with Crippen molar-refractivity contribution in [1.29, 1.82) is 5.26 Å². The van der Waals surface area contributed by atoms with Crippen LogP contribution in [0.3, 0.4) is 0 Å². The van der Waals surface area contributed by atoms with E-state index >= 15 is 0 Å². The largest absolute Gasteiger partial charge is 0.339 e. The molecule has 1 heterocycles. The van der Waals surface area contributed by atoms with Crippen LogP contribution in [0.2, 0.25) is 4.34 Å². The van der Waals surface area contributed by atoms with E-state index in [1.807, 2.05) is 44.2 Å². The first-order chi connectivity index (χ1) is 12.3. The predicted octanol–water partition coefficient (Wildman–Crippen LogP) is 4.15. The molecule has 0 aliphatic heterocycles. The molecular weight excluding hydrogens is 370 g/mol. The molecule has 1 atom stereocenters. The number of amides is 2. The maximum Gasteiger partial charge on any atom is 0.262 e. The van der Waals surface area contributed by atoms with Crippen molar-refractivity contribution in [3.63, 3.8) is 0 Å². The number of hydrogen-bond donors (Lipinski definition) is 1. The Kier molecular flexibility index (Phi) is 6.78. The molecule has 0 saturated heterocycles. The third kappa shape index (κ3) is 4.84. The number of halogens is 1. The van der Waals surface area contributed by atoms with Crippen LogP contribution >= 0.6 is 22.9 Å². The van der Waals surface area contributed by atoms with E-state index in [1.165, 1.54) is 18.4 Å². The van der Waals surface area contributed by atoms with Gasteiger partial charge in [0, 0.05) is 12.6 Å². The highest BCUT2D eigenvalue weighted by Crippen LogP contribution is 2.35. The quantitative estimate of drug-likeness (QED) is 0.595. The van der Waals surface area contributed by atoms with Gasteiger partial charge in [0.2, 0.25) is 0 Å².